The number of carboxylic acid groups (broad SMARTS) is 1. The Bertz CT molecular complexity index is 554. The lowest BCUT2D eigenvalue weighted by molar-refractivity contribution is 0.0660. The Labute approximate surface area is 105 Å². The van der Waals surface area contributed by atoms with Gasteiger partial charge in [-0.3, -0.25) is 4.68 Å². The summed E-state index contributed by atoms with van der Waals surface area (Å²) in [6.07, 6.45) is 1.78. The Morgan fingerprint density at radius 3 is 2.72 bits per heavy atom. The molecule has 0 aliphatic heterocycles. The number of aromatic carboxylic acids is 1. The molecule has 0 unspecified atom stereocenters. The zero-order valence-corrected chi connectivity index (χ0v) is 10.5. The molecule has 2 aromatic rings. The number of hydrogen-bond acceptors (Lipinski definition) is 3. The van der Waals surface area contributed by atoms with Crippen molar-refractivity contribution in [3.63, 3.8) is 0 Å². The van der Waals surface area contributed by atoms with E-state index < -0.39 is 5.97 Å². The van der Waals surface area contributed by atoms with E-state index in [1.54, 1.807) is 6.07 Å². The molecule has 0 atom stereocenters. The van der Waals surface area contributed by atoms with Gasteiger partial charge >= 0.3 is 5.97 Å². The van der Waals surface area contributed by atoms with Crippen molar-refractivity contribution in [2.24, 2.45) is 0 Å². The normalized spacial score (nSPS) is 10.8. The topological polar surface area (TPSA) is 68.3 Å². The van der Waals surface area contributed by atoms with Gasteiger partial charge in [-0.2, -0.15) is 5.10 Å². The third kappa shape index (κ3) is 2.45. The number of aromatic nitrogens is 2. The molecule has 5 heteroatoms. The molecule has 1 N–H and O–H groups in total. The zero-order valence-electron chi connectivity index (χ0n) is 10.5. The molecule has 18 heavy (non-hydrogen) atoms. The maximum atomic E-state index is 10.7. The Morgan fingerprint density at radius 1 is 1.39 bits per heavy atom. The number of hydrogen-bond donors (Lipinski definition) is 1. The third-order valence-electron chi connectivity index (χ3n) is 2.82. The number of nitrogens with zero attached hydrogens (tertiary/aromatic N) is 2. The summed E-state index contributed by atoms with van der Waals surface area (Å²) < 4.78 is 7.10. The van der Waals surface area contributed by atoms with E-state index in [2.05, 4.69) is 25.0 Å². The van der Waals surface area contributed by atoms with E-state index in [0.717, 1.165) is 24.2 Å². The lowest BCUT2D eigenvalue weighted by Crippen LogP contribution is -2.05. The van der Waals surface area contributed by atoms with E-state index in [1.807, 2.05) is 4.68 Å². The van der Waals surface area contributed by atoms with Gasteiger partial charge in [-0.05, 0) is 31.0 Å². The maximum absolute atomic E-state index is 10.7. The van der Waals surface area contributed by atoms with Crippen LogP contribution in [0.25, 0.3) is 0 Å². The standard InChI is InChI=1S/C13H16N2O3/c1-3-9-7-10(4-2)15(14-9)8-11-5-6-12(18-11)13(16)17/h5-7H,3-4,8H2,1-2H3,(H,16,17). The van der Waals surface area contributed by atoms with Crippen molar-refractivity contribution in [2.75, 3.05) is 0 Å². The fraction of sp³-hybridized carbons (Fsp3) is 0.385. The lowest BCUT2D eigenvalue weighted by Gasteiger charge is -2.02. The van der Waals surface area contributed by atoms with Crippen molar-refractivity contribution < 1.29 is 14.3 Å². The minimum absolute atomic E-state index is 0.0362. The predicted octanol–water partition coefficient (Wildman–Crippen LogP) is 2.35. The first-order valence-electron chi connectivity index (χ1n) is 6.01. The van der Waals surface area contributed by atoms with Gasteiger partial charge in [0.1, 0.15) is 5.76 Å². The third-order valence-corrected chi connectivity index (χ3v) is 2.82. The molecule has 0 aromatic carbocycles. The number of furan rings is 1. The van der Waals surface area contributed by atoms with E-state index in [1.165, 1.54) is 6.07 Å². The second-order valence-corrected chi connectivity index (χ2v) is 4.06. The molecule has 0 aliphatic rings. The van der Waals surface area contributed by atoms with Gasteiger partial charge in [0.05, 0.1) is 12.2 Å². The Kier molecular flexibility index (Phi) is 3.50. The van der Waals surface area contributed by atoms with Crippen LogP contribution in [0.3, 0.4) is 0 Å². The van der Waals surface area contributed by atoms with Crippen molar-refractivity contribution >= 4 is 5.97 Å². The maximum Gasteiger partial charge on any atom is 0.371 e. The van der Waals surface area contributed by atoms with Crippen LogP contribution < -0.4 is 0 Å². The van der Waals surface area contributed by atoms with E-state index in [0.29, 0.717) is 12.3 Å². The molecule has 2 aromatic heterocycles. The molecule has 5 nitrogen and oxygen atoms in total. The smallest absolute Gasteiger partial charge is 0.371 e. The SMILES string of the molecule is CCc1cc(CC)n(Cc2ccc(C(=O)O)o2)n1. The highest BCUT2D eigenvalue weighted by molar-refractivity contribution is 5.84. The molecule has 0 bridgehead atoms. The first kappa shape index (κ1) is 12.4. The second-order valence-electron chi connectivity index (χ2n) is 4.06. The van der Waals surface area contributed by atoms with Crippen LogP contribution >= 0.6 is 0 Å². The van der Waals surface area contributed by atoms with Gasteiger partial charge in [0.2, 0.25) is 5.76 Å². The summed E-state index contributed by atoms with van der Waals surface area (Å²) in [5, 5.41) is 13.2. The predicted molar refractivity (Wildman–Crippen MR) is 65.8 cm³/mol. The van der Waals surface area contributed by atoms with Gasteiger partial charge in [0, 0.05) is 5.69 Å². The highest BCUT2D eigenvalue weighted by atomic mass is 16.4. The molecule has 96 valence electrons. The van der Waals surface area contributed by atoms with Crippen LogP contribution in [0.2, 0.25) is 0 Å². The summed E-state index contributed by atoms with van der Waals surface area (Å²) in [6, 6.07) is 5.21. The summed E-state index contributed by atoms with van der Waals surface area (Å²) in [5.74, 6) is -0.481. The monoisotopic (exact) mass is 248 g/mol. The average molecular weight is 248 g/mol. The first-order chi connectivity index (χ1) is 8.63. The molecule has 0 amide bonds. The summed E-state index contributed by atoms with van der Waals surface area (Å²) >= 11 is 0. The highest BCUT2D eigenvalue weighted by Crippen LogP contribution is 2.13. The number of carbonyl (C=O) groups is 1. The van der Waals surface area contributed by atoms with Crippen LogP contribution in [0.4, 0.5) is 0 Å². The van der Waals surface area contributed by atoms with Crippen molar-refractivity contribution in [1.82, 2.24) is 9.78 Å². The minimum Gasteiger partial charge on any atom is -0.475 e. The van der Waals surface area contributed by atoms with Gasteiger partial charge in [-0.15, -0.1) is 0 Å². The summed E-state index contributed by atoms with van der Waals surface area (Å²) in [7, 11) is 0. The van der Waals surface area contributed by atoms with Crippen LogP contribution in [-0.2, 0) is 19.4 Å². The van der Waals surface area contributed by atoms with Crippen molar-refractivity contribution in [1.29, 1.82) is 0 Å². The molecule has 0 radical (unpaired) electrons. The van der Waals surface area contributed by atoms with Crippen LogP contribution in [0, 0.1) is 0 Å². The van der Waals surface area contributed by atoms with Crippen molar-refractivity contribution in [3.8, 4) is 0 Å². The molecule has 0 aliphatic carbocycles. The Balaban J connectivity index is 2.21. The Morgan fingerprint density at radius 2 is 2.17 bits per heavy atom. The number of carboxylic acids is 1. The van der Waals surface area contributed by atoms with Gasteiger partial charge in [-0.1, -0.05) is 13.8 Å². The van der Waals surface area contributed by atoms with E-state index in [9.17, 15) is 4.79 Å². The van der Waals surface area contributed by atoms with Crippen LogP contribution in [0.5, 0.6) is 0 Å². The van der Waals surface area contributed by atoms with Crippen molar-refractivity contribution in [3.05, 3.63) is 41.1 Å². The first-order valence-corrected chi connectivity index (χ1v) is 6.01. The summed E-state index contributed by atoms with van der Waals surface area (Å²) in [5.41, 5.74) is 2.16. The van der Waals surface area contributed by atoms with Crippen LogP contribution in [-0.4, -0.2) is 20.9 Å². The highest BCUT2D eigenvalue weighted by Gasteiger charge is 2.11. The molecule has 2 heterocycles. The van der Waals surface area contributed by atoms with Gasteiger partial charge in [0.15, 0.2) is 0 Å². The molecule has 0 saturated heterocycles. The van der Waals surface area contributed by atoms with E-state index in [4.69, 9.17) is 9.52 Å². The fourth-order valence-electron chi connectivity index (χ4n) is 1.83. The van der Waals surface area contributed by atoms with Crippen LogP contribution in [0.1, 0.15) is 41.6 Å². The van der Waals surface area contributed by atoms with E-state index in [-0.39, 0.29) is 5.76 Å². The molecule has 0 fully saturated rings. The fourth-order valence-corrected chi connectivity index (χ4v) is 1.83. The summed E-state index contributed by atoms with van der Waals surface area (Å²) in [6.45, 7) is 4.59. The van der Waals surface area contributed by atoms with Gasteiger partial charge in [0.25, 0.3) is 0 Å². The van der Waals surface area contributed by atoms with E-state index >= 15 is 0 Å². The van der Waals surface area contributed by atoms with Crippen LogP contribution in [0.15, 0.2) is 22.6 Å². The molecule has 0 spiro atoms. The second kappa shape index (κ2) is 5.08. The molecular formula is C13H16N2O3. The Hall–Kier alpha value is -2.04. The lowest BCUT2D eigenvalue weighted by atomic mass is 10.2. The van der Waals surface area contributed by atoms with Crippen molar-refractivity contribution in [2.45, 2.75) is 33.2 Å². The van der Waals surface area contributed by atoms with Gasteiger partial charge < -0.3 is 9.52 Å². The summed E-state index contributed by atoms with van der Waals surface area (Å²) in [4.78, 5) is 10.7. The van der Waals surface area contributed by atoms with Gasteiger partial charge in [-0.25, -0.2) is 4.79 Å². The zero-order chi connectivity index (χ0) is 13.1. The molecular weight excluding hydrogens is 232 g/mol. The average Bonchev–Trinajstić information content (AvgIpc) is 2.96. The number of aryl methyl sites for hydroxylation is 2. The quantitative estimate of drug-likeness (QED) is 0.881. The molecule has 0 saturated carbocycles. The largest absolute Gasteiger partial charge is 0.475 e. The minimum atomic E-state index is -1.05. The molecule has 2 rings (SSSR count). The number of rotatable bonds is 5.